The monoisotopic (exact) mass is 72.1 g/mol. The lowest BCUT2D eigenvalue weighted by Crippen LogP contribution is -2.12. The van der Waals surface area contributed by atoms with Crippen LogP contribution in [0.25, 0.3) is 0 Å². The lowest BCUT2D eigenvalue weighted by molar-refractivity contribution is 1.22. The molecule has 0 spiro atoms. The number of amidine groups is 1. The van der Waals surface area contributed by atoms with Crippen molar-refractivity contribution in [3.63, 3.8) is 0 Å². The van der Waals surface area contributed by atoms with E-state index in [0.717, 1.165) is 0 Å². The van der Waals surface area contributed by atoms with Crippen molar-refractivity contribution in [1.82, 2.24) is 5.73 Å². The molecule has 0 aliphatic carbocycles. The fraction of sp³-hybridized carbons (Fsp3) is 0.500. The van der Waals surface area contributed by atoms with Gasteiger partial charge in [0.15, 0.2) is 0 Å². The van der Waals surface area contributed by atoms with Gasteiger partial charge < -0.3 is 5.73 Å². The van der Waals surface area contributed by atoms with Crippen LogP contribution in [0.5, 0.6) is 0 Å². The number of rotatable bonds is 1. The summed E-state index contributed by atoms with van der Waals surface area (Å²) in [4.78, 5) is 0. The Kier molecular flexibility index (Phi) is 1.53. The molecular weight excluding hydrogens is 66.0 g/mol. The molecule has 0 aromatic rings. The minimum atomic E-state index is -0.218. The van der Waals surface area contributed by atoms with E-state index in [9.17, 15) is 0 Å². The highest BCUT2D eigenvalue weighted by Crippen LogP contribution is 1.43. The van der Waals surface area contributed by atoms with Gasteiger partial charge in [0.25, 0.3) is 0 Å². The molecule has 4 N–H and O–H groups in total. The minimum absolute atomic E-state index is 0.0556. The van der Waals surface area contributed by atoms with Crippen LogP contribution in [0, 0.1) is 5.41 Å². The highest BCUT2D eigenvalue weighted by Gasteiger charge is 1.72. The first-order valence-corrected chi connectivity index (χ1v) is 1.26. The largest absolute Gasteiger partial charge is 0.324 e. The van der Waals surface area contributed by atoms with Crippen molar-refractivity contribution >= 4 is 5.84 Å². The van der Waals surface area contributed by atoms with Crippen LogP contribution in [-0.2, 0) is 0 Å². The molecular formula is C2H6N3. The summed E-state index contributed by atoms with van der Waals surface area (Å²) in [6.45, 7) is 0.0556. The van der Waals surface area contributed by atoms with Crippen LogP contribution < -0.4 is 11.5 Å². The van der Waals surface area contributed by atoms with Crippen LogP contribution >= 0.6 is 0 Å². The van der Waals surface area contributed by atoms with E-state index in [1.807, 2.05) is 0 Å². The van der Waals surface area contributed by atoms with Gasteiger partial charge >= 0.3 is 0 Å². The quantitative estimate of drug-likeness (QED) is 0.309. The fourth-order valence-corrected chi connectivity index (χ4v) is 0. The summed E-state index contributed by atoms with van der Waals surface area (Å²) in [6, 6.07) is 0. The van der Waals surface area contributed by atoms with E-state index in [1.54, 1.807) is 0 Å². The first-order chi connectivity index (χ1) is 2.27. The van der Waals surface area contributed by atoms with Gasteiger partial charge in [-0.1, -0.05) is 0 Å². The molecule has 0 rings (SSSR count). The highest BCUT2D eigenvalue weighted by molar-refractivity contribution is 5.77. The molecule has 0 aliphatic heterocycles. The van der Waals surface area contributed by atoms with Crippen molar-refractivity contribution in [2.45, 2.75) is 0 Å². The maximum atomic E-state index is 6.28. The zero-order valence-electron chi connectivity index (χ0n) is 2.78. The van der Waals surface area contributed by atoms with Crippen LogP contribution in [0.2, 0.25) is 0 Å². The van der Waals surface area contributed by atoms with Crippen LogP contribution in [0.4, 0.5) is 0 Å². The average molecular weight is 72.1 g/mol. The molecule has 3 nitrogen and oxygen atoms in total. The second-order valence-corrected chi connectivity index (χ2v) is 0.683. The van der Waals surface area contributed by atoms with Crippen molar-refractivity contribution in [3.05, 3.63) is 0 Å². The van der Waals surface area contributed by atoms with Gasteiger partial charge in [-0.05, 0) is 0 Å². The van der Waals surface area contributed by atoms with E-state index >= 15 is 0 Å². The smallest absolute Gasteiger partial charge is 0.126 e. The lowest BCUT2D eigenvalue weighted by atomic mass is 10.6. The Bertz CT molecular complexity index is 40.2. The zero-order chi connectivity index (χ0) is 4.28. The fourth-order valence-electron chi connectivity index (χ4n) is 0. The Morgan fingerprint density at radius 2 is 2.00 bits per heavy atom. The van der Waals surface area contributed by atoms with Gasteiger partial charge in [-0.3, -0.25) is 11.1 Å². The minimum Gasteiger partial charge on any atom is -0.324 e. The maximum Gasteiger partial charge on any atom is 0.126 e. The molecule has 1 radical (unpaired) electrons. The van der Waals surface area contributed by atoms with Crippen molar-refractivity contribution in [3.8, 4) is 0 Å². The molecule has 0 atom stereocenters. The van der Waals surface area contributed by atoms with E-state index in [1.165, 1.54) is 0 Å². The molecule has 0 unspecified atom stereocenters. The van der Waals surface area contributed by atoms with E-state index < -0.39 is 0 Å². The Morgan fingerprint density at radius 3 is 2.00 bits per heavy atom. The van der Waals surface area contributed by atoms with Gasteiger partial charge in [-0.15, -0.1) is 0 Å². The van der Waals surface area contributed by atoms with Gasteiger partial charge in [-0.25, -0.2) is 0 Å². The molecule has 3 heteroatoms. The van der Waals surface area contributed by atoms with Crippen LogP contribution in [-0.4, -0.2) is 12.4 Å². The van der Waals surface area contributed by atoms with E-state index in [0.29, 0.717) is 0 Å². The lowest BCUT2D eigenvalue weighted by Gasteiger charge is -1.77. The summed E-state index contributed by atoms with van der Waals surface area (Å²) < 4.78 is 0. The summed E-state index contributed by atoms with van der Waals surface area (Å²) in [5, 5.41) is 6.28. The zero-order valence-corrected chi connectivity index (χ0v) is 2.78. The number of hydrogen-bond donors (Lipinski definition) is 2. The average Bonchev–Trinajstić information content (AvgIpc) is 1.38. The summed E-state index contributed by atoms with van der Waals surface area (Å²) in [5.74, 6) is -0.218. The molecule has 0 aromatic carbocycles. The molecule has 0 bridgehead atoms. The Morgan fingerprint density at radius 1 is 1.80 bits per heavy atom. The normalized spacial score (nSPS) is 7.40. The highest BCUT2D eigenvalue weighted by atomic mass is 14.8. The standard InChI is InChI=1S/C2H6N3/c3-1-2(4)5/h4-5H,1,3H2. The SMILES string of the molecule is [NH]C(=N)CN. The molecule has 0 heterocycles. The van der Waals surface area contributed by atoms with Crippen LogP contribution in [0.15, 0.2) is 0 Å². The first kappa shape index (κ1) is 4.43. The number of hydrogen-bond acceptors (Lipinski definition) is 2. The van der Waals surface area contributed by atoms with Gasteiger partial charge in [-0.2, -0.15) is 0 Å². The molecule has 0 saturated heterocycles. The molecule has 0 aliphatic rings. The molecule has 29 valence electrons. The summed E-state index contributed by atoms with van der Waals surface area (Å²) in [7, 11) is 0. The maximum absolute atomic E-state index is 6.28. The molecule has 5 heavy (non-hydrogen) atoms. The molecule has 0 fully saturated rings. The summed E-state index contributed by atoms with van der Waals surface area (Å²) >= 11 is 0. The second-order valence-electron chi connectivity index (χ2n) is 0.683. The third kappa shape index (κ3) is 3.43. The Hall–Kier alpha value is -0.570. The van der Waals surface area contributed by atoms with Crippen LogP contribution in [0.1, 0.15) is 0 Å². The third-order valence-corrected chi connectivity index (χ3v) is 0.204. The van der Waals surface area contributed by atoms with E-state index in [-0.39, 0.29) is 12.4 Å². The van der Waals surface area contributed by atoms with E-state index in [2.05, 4.69) is 0 Å². The Balaban J connectivity index is 2.85. The predicted molar refractivity (Wildman–Crippen MR) is 19.9 cm³/mol. The third-order valence-electron chi connectivity index (χ3n) is 0.204. The van der Waals surface area contributed by atoms with Crippen LogP contribution in [0.3, 0.4) is 0 Å². The predicted octanol–water partition coefficient (Wildman–Crippen LogP) is -0.795. The van der Waals surface area contributed by atoms with Crippen molar-refractivity contribution in [1.29, 1.82) is 5.41 Å². The summed E-state index contributed by atoms with van der Waals surface area (Å²) in [6.07, 6.45) is 0. The Labute approximate surface area is 30.5 Å². The van der Waals surface area contributed by atoms with Gasteiger partial charge in [0.05, 0.1) is 6.54 Å². The first-order valence-electron chi connectivity index (χ1n) is 1.26. The van der Waals surface area contributed by atoms with Crippen molar-refractivity contribution in [2.75, 3.05) is 6.54 Å². The summed E-state index contributed by atoms with van der Waals surface area (Å²) in [5.41, 5.74) is 11.0. The number of nitrogens with one attached hydrogen (secondary N) is 2. The second kappa shape index (κ2) is 1.72. The van der Waals surface area contributed by atoms with Gasteiger partial charge in [0.1, 0.15) is 5.84 Å². The molecule has 0 amide bonds. The topological polar surface area (TPSA) is 73.7 Å². The van der Waals surface area contributed by atoms with E-state index in [4.69, 9.17) is 16.9 Å². The molecule has 0 aromatic heterocycles. The van der Waals surface area contributed by atoms with Crippen molar-refractivity contribution in [2.24, 2.45) is 5.73 Å². The van der Waals surface area contributed by atoms with Crippen molar-refractivity contribution < 1.29 is 0 Å². The molecule has 0 saturated carbocycles. The number of nitrogens with two attached hydrogens (primary N) is 1. The van der Waals surface area contributed by atoms with Gasteiger partial charge in [0.2, 0.25) is 0 Å². The van der Waals surface area contributed by atoms with Gasteiger partial charge in [0, 0.05) is 0 Å².